The Hall–Kier alpha value is -1.88. The molecule has 0 saturated heterocycles. The molecule has 0 aliphatic carbocycles. The highest BCUT2D eigenvalue weighted by Crippen LogP contribution is 2.22. The number of ether oxygens (including phenoxy) is 1. The predicted octanol–water partition coefficient (Wildman–Crippen LogP) is 1.65. The molecule has 0 radical (unpaired) electrons. The largest absolute Gasteiger partial charge is 0.461 e. The number of carbonyl (C=O) groups is 2. The first-order chi connectivity index (χ1) is 8.93. The molecule has 3 N–H and O–H groups in total. The molecule has 1 aromatic carbocycles. The summed E-state index contributed by atoms with van der Waals surface area (Å²) in [6.45, 7) is 5.76. The van der Waals surface area contributed by atoms with Crippen molar-refractivity contribution in [3.05, 3.63) is 28.8 Å². The number of aryl methyl sites for hydroxylation is 2. The highest BCUT2D eigenvalue weighted by Gasteiger charge is 2.09. The summed E-state index contributed by atoms with van der Waals surface area (Å²) in [6, 6.07) is 3.79. The molecule has 0 aliphatic heterocycles. The monoisotopic (exact) mass is 264 g/mol. The smallest absolute Gasteiger partial charge is 0.302 e. The molecule has 0 spiro atoms. The maximum atomic E-state index is 11.6. The first kappa shape index (κ1) is 15.2. The summed E-state index contributed by atoms with van der Waals surface area (Å²) in [7, 11) is 0. The van der Waals surface area contributed by atoms with Gasteiger partial charge in [0.05, 0.1) is 0 Å². The van der Waals surface area contributed by atoms with Crippen molar-refractivity contribution in [1.29, 1.82) is 0 Å². The zero-order chi connectivity index (χ0) is 14.4. The Balaban J connectivity index is 2.85. The van der Waals surface area contributed by atoms with E-state index in [4.69, 9.17) is 10.5 Å². The third-order valence-corrected chi connectivity index (χ3v) is 2.67. The number of benzene rings is 1. The Morgan fingerprint density at radius 1 is 1.26 bits per heavy atom. The number of hydrogen-bond acceptors (Lipinski definition) is 4. The van der Waals surface area contributed by atoms with E-state index in [9.17, 15) is 9.59 Å². The number of esters is 1. The Kier molecular flexibility index (Phi) is 5.51. The molecule has 5 heteroatoms. The van der Waals surface area contributed by atoms with Gasteiger partial charge in [0.25, 0.3) is 0 Å². The van der Waals surface area contributed by atoms with Crippen molar-refractivity contribution in [2.45, 2.75) is 33.8 Å². The number of carbonyl (C=O) groups excluding carboxylic acids is 2. The lowest BCUT2D eigenvalue weighted by molar-refractivity contribution is -0.142. The van der Waals surface area contributed by atoms with Crippen molar-refractivity contribution in [2.75, 3.05) is 11.9 Å². The van der Waals surface area contributed by atoms with E-state index in [0.29, 0.717) is 13.0 Å². The molecule has 1 amide bonds. The molecule has 104 valence electrons. The average Bonchev–Trinajstić information content (AvgIpc) is 2.31. The van der Waals surface area contributed by atoms with Gasteiger partial charge >= 0.3 is 5.97 Å². The summed E-state index contributed by atoms with van der Waals surface area (Å²) in [5, 5.41) is 2.84. The molecule has 0 aromatic heterocycles. The molecular weight excluding hydrogens is 244 g/mol. The van der Waals surface area contributed by atoms with Crippen LogP contribution >= 0.6 is 0 Å². The lowest BCUT2D eigenvalue weighted by Crippen LogP contribution is -2.17. The highest BCUT2D eigenvalue weighted by atomic mass is 16.5. The maximum absolute atomic E-state index is 11.6. The number of hydrogen-bond donors (Lipinski definition) is 2. The fourth-order valence-electron chi connectivity index (χ4n) is 1.85. The number of amides is 1. The van der Waals surface area contributed by atoms with Crippen LogP contribution in [0, 0.1) is 13.8 Å². The summed E-state index contributed by atoms with van der Waals surface area (Å²) in [6.07, 6.45) is 0.300. The highest BCUT2D eigenvalue weighted by molar-refractivity contribution is 5.92. The molecule has 1 rings (SSSR count). The topological polar surface area (TPSA) is 81.4 Å². The normalized spacial score (nSPS) is 10.1. The molecule has 0 atom stereocenters. The molecule has 19 heavy (non-hydrogen) atoms. The van der Waals surface area contributed by atoms with Gasteiger partial charge in [-0.25, -0.2) is 0 Å². The van der Waals surface area contributed by atoms with Crippen LogP contribution in [0.4, 0.5) is 5.69 Å². The van der Waals surface area contributed by atoms with Gasteiger partial charge in [-0.15, -0.1) is 0 Å². The quantitative estimate of drug-likeness (QED) is 0.792. The second kappa shape index (κ2) is 6.89. The summed E-state index contributed by atoms with van der Waals surface area (Å²) in [4.78, 5) is 22.3. The second-order valence-electron chi connectivity index (χ2n) is 4.47. The predicted molar refractivity (Wildman–Crippen MR) is 73.7 cm³/mol. The van der Waals surface area contributed by atoms with E-state index in [1.165, 1.54) is 6.92 Å². The van der Waals surface area contributed by atoms with Gasteiger partial charge in [-0.05, 0) is 30.5 Å². The van der Waals surface area contributed by atoms with Crippen LogP contribution in [-0.2, 0) is 20.9 Å². The Morgan fingerprint density at radius 2 is 1.84 bits per heavy atom. The van der Waals surface area contributed by atoms with Crippen LogP contribution < -0.4 is 11.1 Å². The van der Waals surface area contributed by atoms with E-state index < -0.39 is 0 Å². The Morgan fingerprint density at radius 3 is 2.32 bits per heavy atom. The van der Waals surface area contributed by atoms with Gasteiger partial charge in [-0.3, -0.25) is 9.59 Å². The van der Waals surface area contributed by atoms with E-state index in [2.05, 4.69) is 5.32 Å². The molecule has 0 aliphatic rings. The van der Waals surface area contributed by atoms with E-state index in [1.807, 2.05) is 26.0 Å². The van der Waals surface area contributed by atoms with Gasteiger partial charge in [0, 0.05) is 25.6 Å². The van der Waals surface area contributed by atoms with Crippen molar-refractivity contribution in [3.8, 4) is 0 Å². The van der Waals surface area contributed by atoms with Crippen LogP contribution in [0.3, 0.4) is 0 Å². The maximum Gasteiger partial charge on any atom is 0.302 e. The molecular formula is C14H20N2O3. The van der Waals surface area contributed by atoms with Crippen molar-refractivity contribution in [1.82, 2.24) is 0 Å². The first-order valence-corrected chi connectivity index (χ1v) is 6.17. The minimum absolute atomic E-state index is 0.0959. The van der Waals surface area contributed by atoms with Gasteiger partial charge in [0.1, 0.15) is 6.61 Å². The van der Waals surface area contributed by atoms with Crippen molar-refractivity contribution >= 4 is 17.6 Å². The van der Waals surface area contributed by atoms with Crippen LogP contribution in [0.25, 0.3) is 0 Å². The minimum atomic E-state index is -0.310. The van der Waals surface area contributed by atoms with Crippen LogP contribution in [0.2, 0.25) is 0 Å². The minimum Gasteiger partial charge on any atom is -0.461 e. The van der Waals surface area contributed by atoms with Crippen LogP contribution in [-0.4, -0.2) is 18.4 Å². The fourth-order valence-corrected chi connectivity index (χ4v) is 1.85. The lowest BCUT2D eigenvalue weighted by atomic mass is 10.0. The summed E-state index contributed by atoms with van der Waals surface area (Å²) >= 11 is 0. The first-order valence-electron chi connectivity index (χ1n) is 6.17. The van der Waals surface area contributed by atoms with E-state index >= 15 is 0 Å². The van der Waals surface area contributed by atoms with E-state index in [0.717, 1.165) is 22.4 Å². The van der Waals surface area contributed by atoms with E-state index in [-0.39, 0.29) is 18.5 Å². The summed E-state index contributed by atoms with van der Waals surface area (Å²) in [5.41, 5.74) is 8.92. The zero-order valence-corrected chi connectivity index (χ0v) is 11.6. The van der Waals surface area contributed by atoms with Gasteiger partial charge in [-0.1, -0.05) is 12.1 Å². The number of nitrogens with two attached hydrogens (primary N) is 1. The average molecular weight is 264 g/mol. The molecule has 0 heterocycles. The lowest BCUT2D eigenvalue weighted by Gasteiger charge is -2.13. The standard InChI is InChI=1S/C14H20N2O3/c1-9-6-12(8-19-11(3)17)7-10(2)14(9)16-13(18)4-5-15/h6-7H,4-5,8,15H2,1-3H3,(H,16,18). The molecule has 0 bridgehead atoms. The number of anilines is 1. The van der Waals surface area contributed by atoms with Crippen LogP contribution in [0.5, 0.6) is 0 Å². The van der Waals surface area contributed by atoms with Crippen molar-refractivity contribution in [3.63, 3.8) is 0 Å². The van der Waals surface area contributed by atoms with E-state index in [1.54, 1.807) is 0 Å². The zero-order valence-electron chi connectivity index (χ0n) is 11.6. The summed E-state index contributed by atoms with van der Waals surface area (Å²) < 4.78 is 4.95. The molecule has 1 aromatic rings. The summed E-state index contributed by atoms with van der Waals surface area (Å²) in [5.74, 6) is -0.405. The van der Waals surface area contributed by atoms with Gasteiger partial charge in [-0.2, -0.15) is 0 Å². The SMILES string of the molecule is CC(=O)OCc1cc(C)c(NC(=O)CCN)c(C)c1. The third-order valence-electron chi connectivity index (χ3n) is 2.67. The molecule has 5 nitrogen and oxygen atoms in total. The molecule has 0 saturated carbocycles. The van der Waals surface area contributed by atoms with Crippen LogP contribution in [0.1, 0.15) is 30.0 Å². The third kappa shape index (κ3) is 4.71. The Labute approximate surface area is 113 Å². The van der Waals surface area contributed by atoms with Crippen LogP contribution in [0.15, 0.2) is 12.1 Å². The Bertz CT molecular complexity index is 461. The van der Waals surface area contributed by atoms with Crippen molar-refractivity contribution < 1.29 is 14.3 Å². The second-order valence-corrected chi connectivity index (χ2v) is 4.47. The molecule has 0 fully saturated rings. The van der Waals surface area contributed by atoms with Gasteiger partial charge in [0.2, 0.25) is 5.91 Å². The molecule has 0 unspecified atom stereocenters. The van der Waals surface area contributed by atoms with Crippen molar-refractivity contribution in [2.24, 2.45) is 5.73 Å². The van der Waals surface area contributed by atoms with Gasteiger partial charge < -0.3 is 15.8 Å². The number of nitrogens with one attached hydrogen (secondary N) is 1. The fraction of sp³-hybridized carbons (Fsp3) is 0.429. The van der Waals surface area contributed by atoms with Gasteiger partial charge in [0.15, 0.2) is 0 Å². The number of rotatable bonds is 5.